The zero-order chi connectivity index (χ0) is 15.8. The van der Waals surface area contributed by atoms with Crippen molar-refractivity contribution in [2.45, 2.75) is 0 Å². The van der Waals surface area contributed by atoms with Gasteiger partial charge in [-0.3, -0.25) is 4.79 Å². The molecule has 0 radical (unpaired) electrons. The van der Waals surface area contributed by atoms with Crippen LogP contribution in [0.1, 0.15) is 11.1 Å². The summed E-state index contributed by atoms with van der Waals surface area (Å²) in [5, 5.41) is 0. The molecule has 4 nitrogen and oxygen atoms in total. The number of hydrogen-bond acceptors (Lipinski definition) is 4. The predicted molar refractivity (Wildman–Crippen MR) is 83.5 cm³/mol. The second kappa shape index (κ2) is 7.78. The third-order valence-corrected chi connectivity index (χ3v) is 3.07. The van der Waals surface area contributed by atoms with Crippen LogP contribution in [0.25, 0.3) is 5.57 Å². The van der Waals surface area contributed by atoms with Crippen molar-refractivity contribution in [3.63, 3.8) is 0 Å². The van der Waals surface area contributed by atoms with Crippen molar-refractivity contribution in [3.05, 3.63) is 71.8 Å². The number of methoxy groups -OCH3 is 1. The first-order chi connectivity index (χ1) is 10.8. The Morgan fingerprint density at radius 1 is 1.05 bits per heavy atom. The minimum absolute atomic E-state index is 0.184. The number of para-hydroxylation sites is 1. The fraction of sp³-hybridized carbons (Fsp3) is 0.111. The maximum absolute atomic E-state index is 11.2. The third kappa shape index (κ3) is 3.82. The topological polar surface area (TPSA) is 52.6 Å². The van der Waals surface area contributed by atoms with Gasteiger partial charge in [0.15, 0.2) is 6.61 Å². The summed E-state index contributed by atoms with van der Waals surface area (Å²) in [6, 6.07) is 16.8. The van der Waals surface area contributed by atoms with Crippen molar-refractivity contribution >= 4 is 17.8 Å². The second-order valence-corrected chi connectivity index (χ2v) is 4.44. The van der Waals surface area contributed by atoms with Gasteiger partial charge >= 0.3 is 5.97 Å². The molecule has 0 aromatic heterocycles. The van der Waals surface area contributed by atoms with Crippen molar-refractivity contribution in [1.29, 1.82) is 0 Å². The summed E-state index contributed by atoms with van der Waals surface area (Å²) in [6.07, 6.45) is 2.22. The van der Waals surface area contributed by atoms with E-state index in [9.17, 15) is 9.59 Å². The number of hydrogen-bond donors (Lipinski definition) is 0. The van der Waals surface area contributed by atoms with Gasteiger partial charge in [0.2, 0.25) is 0 Å². The molecule has 0 saturated carbocycles. The second-order valence-electron chi connectivity index (χ2n) is 4.44. The van der Waals surface area contributed by atoms with Crippen LogP contribution in [0.2, 0.25) is 0 Å². The summed E-state index contributed by atoms with van der Waals surface area (Å²) in [6.45, 7) is -0.184. The molecule has 2 aromatic rings. The van der Waals surface area contributed by atoms with Gasteiger partial charge < -0.3 is 9.47 Å². The summed E-state index contributed by atoms with van der Waals surface area (Å²) in [7, 11) is 1.30. The maximum atomic E-state index is 11.2. The molecule has 0 aliphatic heterocycles. The average molecular weight is 296 g/mol. The van der Waals surface area contributed by atoms with Gasteiger partial charge in [-0.25, -0.2) is 4.79 Å². The van der Waals surface area contributed by atoms with E-state index in [2.05, 4.69) is 4.74 Å². The Bertz CT molecular complexity index is 674. The number of aldehydes is 1. The van der Waals surface area contributed by atoms with Crippen molar-refractivity contribution in [1.82, 2.24) is 0 Å². The molecule has 112 valence electrons. The summed E-state index contributed by atoms with van der Waals surface area (Å²) in [4.78, 5) is 22.2. The predicted octanol–water partition coefficient (Wildman–Crippen LogP) is 2.87. The van der Waals surface area contributed by atoms with Crippen molar-refractivity contribution < 1.29 is 19.1 Å². The highest BCUT2D eigenvalue weighted by atomic mass is 16.6. The van der Waals surface area contributed by atoms with E-state index in [0.29, 0.717) is 5.75 Å². The Balaban J connectivity index is 2.39. The number of allylic oxidation sites excluding steroid dienone is 1. The van der Waals surface area contributed by atoms with E-state index in [1.807, 2.05) is 42.5 Å². The lowest BCUT2D eigenvalue weighted by molar-refractivity contribution is -0.142. The first-order valence-corrected chi connectivity index (χ1v) is 6.76. The van der Waals surface area contributed by atoms with Gasteiger partial charge in [0.1, 0.15) is 12.0 Å². The highest BCUT2D eigenvalue weighted by Gasteiger charge is 2.12. The molecular formula is C18H16O4. The SMILES string of the molecule is COC(=O)COc1ccccc1C(=CC=O)c1ccccc1. The van der Waals surface area contributed by atoms with Gasteiger partial charge in [-0.1, -0.05) is 48.5 Å². The maximum Gasteiger partial charge on any atom is 0.343 e. The molecule has 0 saturated heterocycles. The summed E-state index contributed by atoms with van der Waals surface area (Å²) in [5.74, 6) is 0.0558. The number of esters is 1. The van der Waals surface area contributed by atoms with E-state index < -0.39 is 5.97 Å². The average Bonchev–Trinajstić information content (AvgIpc) is 2.58. The van der Waals surface area contributed by atoms with Gasteiger partial charge in [-0.05, 0) is 23.3 Å². The first-order valence-electron chi connectivity index (χ1n) is 6.76. The van der Waals surface area contributed by atoms with Crippen LogP contribution in [0, 0.1) is 0 Å². The van der Waals surface area contributed by atoms with Crippen LogP contribution in [-0.4, -0.2) is 26.0 Å². The third-order valence-electron chi connectivity index (χ3n) is 3.07. The Hall–Kier alpha value is -2.88. The van der Waals surface area contributed by atoms with E-state index in [0.717, 1.165) is 23.0 Å². The normalized spacial score (nSPS) is 10.9. The molecule has 0 atom stereocenters. The molecule has 22 heavy (non-hydrogen) atoms. The minimum atomic E-state index is -0.463. The van der Waals surface area contributed by atoms with E-state index in [1.54, 1.807) is 12.1 Å². The Morgan fingerprint density at radius 3 is 2.41 bits per heavy atom. The monoisotopic (exact) mass is 296 g/mol. The summed E-state index contributed by atoms with van der Waals surface area (Å²) < 4.78 is 10.1. The molecule has 0 N–H and O–H groups in total. The molecule has 0 heterocycles. The Morgan fingerprint density at radius 2 is 1.73 bits per heavy atom. The molecule has 0 bridgehead atoms. The number of carbonyl (C=O) groups excluding carboxylic acids is 2. The van der Waals surface area contributed by atoms with E-state index in [1.165, 1.54) is 13.2 Å². The van der Waals surface area contributed by atoms with E-state index >= 15 is 0 Å². The van der Waals surface area contributed by atoms with Gasteiger partial charge in [0.25, 0.3) is 0 Å². The standard InChI is InChI=1S/C18H16O4/c1-21-18(20)13-22-17-10-6-5-9-16(17)15(11-12-19)14-7-3-2-4-8-14/h2-12H,13H2,1H3. The van der Waals surface area contributed by atoms with Gasteiger partial charge in [0.05, 0.1) is 7.11 Å². The Kier molecular flexibility index (Phi) is 5.49. The lowest BCUT2D eigenvalue weighted by atomic mass is 9.97. The molecule has 2 aromatic carbocycles. The van der Waals surface area contributed by atoms with E-state index in [4.69, 9.17) is 4.74 Å². The first kappa shape index (κ1) is 15.5. The zero-order valence-corrected chi connectivity index (χ0v) is 12.2. The largest absolute Gasteiger partial charge is 0.481 e. The van der Waals surface area contributed by atoms with Gasteiger partial charge in [-0.2, -0.15) is 0 Å². The lowest BCUT2D eigenvalue weighted by Gasteiger charge is -2.13. The van der Waals surface area contributed by atoms with Gasteiger partial charge in [-0.15, -0.1) is 0 Å². The van der Waals surface area contributed by atoms with Crippen LogP contribution in [0.3, 0.4) is 0 Å². The highest BCUT2D eigenvalue weighted by Crippen LogP contribution is 2.30. The summed E-state index contributed by atoms with van der Waals surface area (Å²) in [5.41, 5.74) is 2.37. The Labute approximate surface area is 129 Å². The van der Waals surface area contributed by atoms with Crippen molar-refractivity contribution in [3.8, 4) is 5.75 Å². The van der Waals surface area contributed by atoms with E-state index in [-0.39, 0.29) is 6.61 Å². The van der Waals surface area contributed by atoms with Crippen molar-refractivity contribution in [2.24, 2.45) is 0 Å². The fourth-order valence-electron chi connectivity index (χ4n) is 2.04. The molecule has 0 amide bonds. The van der Waals surface area contributed by atoms with Crippen molar-refractivity contribution in [2.75, 3.05) is 13.7 Å². The fourth-order valence-corrected chi connectivity index (χ4v) is 2.04. The number of carbonyl (C=O) groups is 2. The lowest BCUT2D eigenvalue weighted by Crippen LogP contribution is -2.13. The molecule has 0 spiro atoms. The van der Waals surface area contributed by atoms with Crippen LogP contribution < -0.4 is 4.74 Å². The summed E-state index contributed by atoms with van der Waals surface area (Å²) >= 11 is 0. The zero-order valence-electron chi connectivity index (χ0n) is 12.2. The van der Waals surface area contributed by atoms with Crippen LogP contribution in [-0.2, 0) is 14.3 Å². The molecule has 0 unspecified atom stereocenters. The molecule has 2 rings (SSSR count). The smallest absolute Gasteiger partial charge is 0.343 e. The highest BCUT2D eigenvalue weighted by molar-refractivity contribution is 5.91. The molecular weight excluding hydrogens is 280 g/mol. The number of ether oxygens (including phenoxy) is 2. The molecule has 0 aliphatic rings. The van der Waals surface area contributed by atoms with Crippen LogP contribution in [0.4, 0.5) is 0 Å². The molecule has 0 aliphatic carbocycles. The van der Waals surface area contributed by atoms with Gasteiger partial charge in [0, 0.05) is 5.56 Å². The van der Waals surface area contributed by atoms with Crippen LogP contribution >= 0.6 is 0 Å². The molecule has 4 heteroatoms. The quantitative estimate of drug-likeness (QED) is 0.467. The van der Waals surface area contributed by atoms with Crippen LogP contribution in [0.5, 0.6) is 5.75 Å². The van der Waals surface area contributed by atoms with Crippen LogP contribution in [0.15, 0.2) is 60.7 Å². The molecule has 0 fully saturated rings. The number of rotatable bonds is 6. The minimum Gasteiger partial charge on any atom is -0.481 e. The number of benzene rings is 2.